The molecule has 0 spiro atoms. The van der Waals surface area contributed by atoms with Crippen molar-refractivity contribution in [2.75, 3.05) is 11.9 Å². The molecule has 0 aliphatic heterocycles. The van der Waals surface area contributed by atoms with Crippen molar-refractivity contribution in [3.05, 3.63) is 65.2 Å². The molecule has 2 heteroatoms. The normalized spacial score (nSPS) is 10.1. The van der Waals surface area contributed by atoms with E-state index in [2.05, 4.69) is 11.4 Å². The molecule has 2 aromatic rings. The molecule has 92 valence electrons. The lowest BCUT2D eigenvalue weighted by Gasteiger charge is -2.07. The zero-order valence-electron chi connectivity index (χ0n) is 10.7. The van der Waals surface area contributed by atoms with Gasteiger partial charge in [-0.05, 0) is 38.1 Å². The third kappa shape index (κ3) is 3.20. The molecule has 0 aromatic heterocycles. The van der Waals surface area contributed by atoms with Crippen molar-refractivity contribution >= 4 is 11.5 Å². The van der Waals surface area contributed by atoms with Crippen molar-refractivity contribution < 1.29 is 4.79 Å². The molecule has 2 nitrogen and oxygen atoms in total. The predicted octanol–water partition coefficient (Wildman–Crippen LogP) is 3.60. The SMILES string of the molecule is Cc1cc(C)cc(C(=O)CNc2ccccc2)c1. The second-order valence-electron chi connectivity index (χ2n) is 4.52. The molecule has 0 radical (unpaired) electrons. The molecule has 0 atom stereocenters. The Balaban J connectivity index is 2.04. The second-order valence-corrected chi connectivity index (χ2v) is 4.52. The standard InChI is InChI=1S/C16H17NO/c1-12-8-13(2)10-14(9-12)16(18)11-17-15-6-4-3-5-7-15/h3-10,17H,11H2,1-2H3. The zero-order valence-corrected chi connectivity index (χ0v) is 10.7. The van der Waals surface area contributed by atoms with Crippen molar-refractivity contribution in [3.8, 4) is 0 Å². The van der Waals surface area contributed by atoms with E-state index in [0.29, 0.717) is 6.54 Å². The summed E-state index contributed by atoms with van der Waals surface area (Å²) in [6.07, 6.45) is 0. The number of ketones is 1. The quantitative estimate of drug-likeness (QED) is 0.826. The molecule has 0 bridgehead atoms. The topological polar surface area (TPSA) is 29.1 Å². The van der Waals surface area contributed by atoms with E-state index < -0.39 is 0 Å². The van der Waals surface area contributed by atoms with Crippen molar-refractivity contribution in [2.45, 2.75) is 13.8 Å². The average molecular weight is 239 g/mol. The molecule has 0 aliphatic rings. The van der Waals surface area contributed by atoms with Gasteiger partial charge in [-0.2, -0.15) is 0 Å². The van der Waals surface area contributed by atoms with Crippen molar-refractivity contribution in [1.29, 1.82) is 0 Å². The van der Waals surface area contributed by atoms with Gasteiger partial charge in [-0.3, -0.25) is 4.79 Å². The number of aryl methyl sites for hydroxylation is 2. The average Bonchev–Trinajstić information content (AvgIpc) is 2.36. The Morgan fingerprint density at radius 3 is 2.22 bits per heavy atom. The van der Waals surface area contributed by atoms with Crippen LogP contribution in [0.1, 0.15) is 21.5 Å². The van der Waals surface area contributed by atoms with Crippen molar-refractivity contribution in [1.82, 2.24) is 0 Å². The van der Waals surface area contributed by atoms with E-state index in [1.807, 2.05) is 56.3 Å². The van der Waals surface area contributed by atoms with Crippen LogP contribution in [-0.4, -0.2) is 12.3 Å². The minimum absolute atomic E-state index is 0.116. The van der Waals surface area contributed by atoms with E-state index >= 15 is 0 Å². The van der Waals surface area contributed by atoms with Gasteiger partial charge in [-0.25, -0.2) is 0 Å². The molecule has 0 fully saturated rings. The van der Waals surface area contributed by atoms with Crippen LogP contribution in [0.25, 0.3) is 0 Å². The lowest BCUT2D eigenvalue weighted by molar-refractivity contribution is 0.101. The van der Waals surface area contributed by atoms with Crippen LogP contribution in [0.2, 0.25) is 0 Å². The highest BCUT2D eigenvalue weighted by Crippen LogP contribution is 2.10. The van der Waals surface area contributed by atoms with E-state index in [4.69, 9.17) is 0 Å². The summed E-state index contributed by atoms with van der Waals surface area (Å²) in [7, 11) is 0. The first-order chi connectivity index (χ1) is 8.65. The van der Waals surface area contributed by atoms with Crippen LogP contribution < -0.4 is 5.32 Å². The molecule has 1 N–H and O–H groups in total. The molecule has 2 rings (SSSR count). The number of rotatable bonds is 4. The molecule has 0 saturated heterocycles. The minimum atomic E-state index is 0.116. The van der Waals surface area contributed by atoms with Gasteiger partial charge in [-0.1, -0.05) is 35.4 Å². The lowest BCUT2D eigenvalue weighted by atomic mass is 10.0. The largest absolute Gasteiger partial charge is 0.378 e. The fourth-order valence-corrected chi connectivity index (χ4v) is 1.98. The van der Waals surface area contributed by atoms with E-state index in [-0.39, 0.29) is 5.78 Å². The lowest BCUT2D eigenvalue weighted by Crippen LogP contribution is -2.14. The van der Waals surface area contributed by atoms with Gasteiger partial charge in [0.25, 0.3) is 0 Å². The van der Waals surface area contributed by atoms with Gasteiger partial charge in [0.1, 0.15) is 0 Å². The third-order valence-electron chi connectivity index (χ3n) is 2.77. The van der Waals surface area contributed by atoms with Gasteiger partial charge in [0, 0.05) is 11.3 Å². The number of hydrogen-bond acceptors (Lipinski definition) is 2. The highest BCUT2D eigenvalue weighted by atomic mass is 16.1. The van der Waals surface area contributed by atoms with Crippen molar-refractivity contribution in [3.63, 3.8) is 0 Å². The Morgan fingerprint density at radius 1 is 1.00 bits per heavy atom. The predicted molar refractivity (Wildman–Crippen MR) is 75.2 cm³/mol. The van der Waals surface area contributed by atoms with E-state index in [1.165, 1.54) is 0 Å². The maximum absolute atomic E-state index is 12.1. The van der Waals surface area contributed by atoms with Gasteiger partial charge in [0.05, 0.1) is 6.54 Å². The van der Waals surface area contributed by atoms with Crippen LogP contribution >= 0.6 is 0 Å². The van der Waals surface area contributed by atoms with Gasteiger partial charge >= 0.3 is 0 Å². The molecule has 18 heavy (non-hydrogen) atoms. The number of Topliss-reactive ketones (excluding diaryl/α,β-unsaturated/α-hetero) is 1. The highest BCUT2D eigenvalue weighted by Gasteiger charge is 2.06. The summed E-state index contributed by atoms with van der Waals surface area (Å²) < 4.78 is 0. The van der Waals surface area contributed by atoms with E-state index in [1.54, 1.807) is 0 Å². The summed E-state index contributed by atoms with van der Waals surface area (Å²) in [5, 5.41) is 3.13. The summed E-state index contributed by atoms with van der Waals surface area (Å²) in [4.78, 5) is 12.1. The molecule has 0 unspecified atom stereocenters. The zero-order chi connectivity index (χ0) is 13.0. The van der Waals surface area contributed by atoms with Crippen LogP contribution in [-0.2, 0) is 0 Å². The molecule has 0 aliphatic carbocycles. The number of benzene rings is 2. The summed E-state index contributed by atoms with van der Waals surface area (Å²) in [5.74, 6) is 0.116. The van der Waals surface area contributed by atoms with Crippen LogP contribution in [0.15, 0.2) is 48.5 Å². The van der Waals surface area contributed by atoms with Crippen LogP contribution in [0, 0.1) is 13.8 Å². The molecule has 0 saturated carbocycles. The Labute approximate surface area is 108 Å². The number of nitrogens with one attached hydrogen (secondary N) is 1. The number of para-hydroxylation sites is 1. The number of carbonyl (C=O) groups excluding carboxylic acids is 1. The van der Waals surface area contributed by atoms with Crippen molar-refractivity contribution in [2.24, 2.45) is 0 Å². The molecule has 2 aromatic carbocycles. The number of carbonyl (C=O) groups is 1. The molecular weight excluding hydrogens is 222 g/mol. The monoisotopic (exact) mass is 239 g/mol. The Hall–Kier alpha value is -2.09. The van der Waals surface area contributed by atoms with E-state index in [9.17, 15) is 4.79 Å². The summed E-state index contributed by atoms with van der Waals surface area (Å²) in [6, 6.07) is 15.7. The smallest absolute Gasteiger partial charge is 0.181 e. The number of anilines is 1. The van der Waals surface area contributed by atoms with Crippen LogP contribution in [0.4, 0.5) is 5.69 Å². The Bertz CT molecular complexity index is 526. The Morgan fingerprint density at radius 2 is 1.61 bits per heavy atom. The maximum Gasteiger partial charge on any atom is 0.181 e. The fraction of sp³-hybridized carbons (Fsp3) is 0.188. The first-order valence-corrected chi connectivity index (χ1v) is 6.05. The molecular formula is C16H17NO. The number of hydrogen-bond donors (Lipinski definition) is 1. The summed E-state index contributed by atoms with van der Waals surface area (Å²) >= 11 is 0. The van der Waals surface area contributed by atoms with Gasteiger partial charge in [0.2, 0.25) is 0 Å². The molecule has 0 amide bonds. The van der Waals surface area contributed by atoms with Crippen LogP contribution in [0.3, 0.4) is 0 Å². The van der Waals surface area contributed by atoms with E-state index in [0.717, 1.165) is 22.4 Å². The van der Waals surface area contributed by atoms with Gasteiger partial charge in [0.15, 0.2) is 5.78 Å². The minimum Gasteiger partial charge on any atom is -0.378 e. The van der Waals surface area contributed by atoms with Crippen LogP contribution in [0.5, 0.6) is 0 Å². The summed E-state index contributed by atoms with van der Waals surface area (Å²) in [5.41, 5.74) is 3.99. The Kier molecular flexibility index (Phi) is 3.78. The molecule has 0 heterocycles. The van der Waals surface area contributed by atoms with Gasteiger partial charge < -0.3 is 5.32 Å². The first-order valence-electron chi connectivity index (χ1n) is 6.05. The summed E-state index contributed by atoms with van der Waals surface area (Å²) in [6.45, 7) is 4.34. The third-order valence-corrected chi connectivity index (χ3v) is 2.77. The fourth-order valence-electron chi connectivity index (χ4n) is 1.98. The first kappa shape index (κ1) is 12.4. The highest BCUT2D eigenvalue weighted by molar-refractivity contribution is 5.99. The van der Waals surface area contributed by atoms with Gasteiger partial charge in [-0.15, -0.1) is 0 Å². The second kappa shape index (κ2) is 5.50. The maximum atomic E-state index is 12.1.